The third kappa shape index (κ3) is 4.84. The normalized spacial score (nSPS) is 13.6. The topological polar surface area (TPSA) is 30.7 Å². The van der Waals surface area contributed by atoms with Gasteiger partial charge in [-0.15, -0.1) is 0 Å². The van der Waals surface area contributed by atoms with Gasteiger partial charge in [0.05, 0.1) is 28.2 Å². The molecule has 3 nitrogen and oxygen atoms in total. The summed E-state index contributed by atoms with van der Waals surface area (Å²) in [6.07, 6.45) is 4.32. The lowest BCUT2D eigenvalue weighted by Crippen LogP contribution is -2.22. The van der Waals surface area contributed by atoms with Crippen molar-refractivity contribution in [1.29, 1.82) is 0 Å². The maximum atomic E-state index is 5.10. The van der Waals surface area contributed by atoms with Gasteiger partial charge in [-0.2, -0.15) is 5.10 Å². The van der Waals surface area contributed by atoms with Crippen molar-refractivity contribution in [3.05, 3.63) is 102 Å². The molecule has 2 unspecified atom stereocenters. The van der Waals surface area contributed by atoms with E-state index < -0.39 is 0 Å². The third-order valence-electron chi connectivity index (χ3n) is 7.30. The molecule has 0 amide bonds. The SMILES string of the molecule is CCC(C)c1cccc(-c2cccc(C(C)(C)c3ccn(-c4cccc(C(C)CC)c4)n3)n2)c1. The van der Waals surface area contributed by atoms with Crippen LogP contribution in [0.2, 0.25) is 0 Å². The van der Waals surface area contributed by atoms with Gasteiger partial charge >= 0.3 is 0 Å². The lowest BCUT2D eigenvalue weighted by atomic mass is 9.85. The van der Waals surface area contributed by atoms with Crippen LogP contribution in [0, 0.1) is 0 Å². The first kappa shape index (κ1) is 23.9. The molecule has 0 saturated heterocycles. The molecule has 0 fully saturated rings. The Morgan fingerprint density at radius 2 is 1.41 bits per heavy atom. The molecular formula is C31H37N3. The summed E-state index contributed by atoms with van der Waals surface area (Å²) in [6.45, 7) is 13.4. The number of nitrogens with zero attached hydrogens (tertiary/aromatic N) is 3. The highest BCUT2D eigenvalue weighted by Crippen LogP contribution is 2.32. The standard InChI is InChI=1S/C31H37N3/c1-7-22(3)24-12-9-14-26(20-24)28-16-11-17-29(32-28)31(5,6)30-18-19-34(33-30)27-15-10-13-25(21-27)23(4)8-2/h9-23H,7-8H2,1-6H3. The van der Waals surface area contributed by atoms with Crippen LogP contribution in [-0.4, -0.2) is 14.8 Å². The van der Waals surface area contributed by atoms with E-state index in [0.29, 0.717) is 11.8 Å². The van der Waals surface area contributed by atoms with E-state index in [1.165, 1.54) is 16.7 Å². The van der Waals surface area contributed by atoms with Crippen LogP contribution in [-0.2, 0) is 5.41 Å². The van der Waals surface area contributed by atoms with Crippen LogP contribution in [0.5, 0.6) is 0 Å². The van der Waals surface area contributed by atoms with E-state index >= 15 is 0 Å². The smallest absolute Gasteiger partial charge is 0.0744 e. The second-order valence-electron chi connectivity index (χ2n) is 10.0. The Morgan fingerprint density at radius 1 is 0.765 bits per heavy atom. The molecule has 2 heterocycles. The van der Waals surface area contributed by atoms with Gasteiger partial charge in [-0.05, 0) is 86.1 Å². The second kappa shape index (κ2) is 9.97. The molecule has 2 aromatic carbocycles. The quantitative estimate of drug-likeness (QED) is 0.270. The summed E-state index contributed by atoms with van der Waals surface area (Å²) >= 11 is 0. The van der Waals surface area contributed by atoms with Crippen LogP contribution in [0.25, 0.3) is 16.9 Å². The summed E-state index contributed by atoms with van der Waals surface area (Å²) in [7, 11) is 0. The predicted octanol–water partition coefficient (Wildman–Crippen LogP) is 8.29. The average molecular weight is 452 g/mol. The molecule has 34 heavy (non-hydrogen) atoms. The first-order valence-electron chi connectivity index (χ1n) is 12.6. The maximum absolute atomic E-state index is 5.10. The van der Waals surface area contributed by atoms with E-state index in [2.05, 4.69) is 121 Å². The highest BCUT2D eigenvalue weighted by atomic mass is 15.3. The highest BCUT2D eigenvalue weighted by Gasteiger charge is 2.28. The molecule has 0 aliphatic carbocycles. The van der Waals surface area contributed by atoms with Crippen LogP contribution in [0.3, 0.4) is 0 Å². The number of benzene rings is 2. The second-order valence-corrected chi connectivity index (χ2v) is 10.0. The fourth-order valence-corrected chi connectivity index (χ4v) is 4.33. The van der Waals surface area contributed by atoms with E-state index in [1.807, 2.05) is 4.68 Å². The molecule has 0 aliphatic rings. The molecule has 4 aromatic rings. The molecule has 0 spiro atoms. The monoisotopic (exact) mass is 451 g/mol. The van der Waals surface area contributed by atoms with Crippen LogP contribution in [0.4, 0.5) is 0 Å². The summed E-state index contributed by atoms with van der Waals surface area (Å²) in [6, 6.07) is 26.0. The molecule has 0 radical (unpaired) electrons. The van der Waals surface area contributed by atoms with Crippen molar-refractivity contribution in [1.82, 2.24) is 14.8 Å². The van der Waals surface area contributed by atoms with E-state index in [4.69, 9.17) is 10.1 Å². The van der Waals surface area contributed by atoms with Gasteiger partial charge in [0, 0.05) is 11.8 Å². The van der Waals surface area contributed by atoms with E-state index in [1.54, 1.807) is 0 Å². The third-order valence-corrected chi connectivity index (χ3v) is 7.30. The Kier molecular flexibility index (Phi) is 7.02. The summed E-state index contributed by atoms with van der Waals surface area (Å²) < 4.78 is 1.99. The van der Waals surface area contributed by atoms with Crippen LogP contribution in [0.1, 0.15) is 88.7 Å². The van der Waals surface area contributed by atoms with Crippen LogP contribution in [0.15, 0.2) is 79.0 Å². The Balaban J connectivity index is 1.65. The minimum atomic E-state index is -0.316. The fraction of sp³-hybridized carbons (Fsp3) is 0.355. The molecular weight excluding hydrogens is 414 g/mol. The Bertz CT molecular complexity index is 1250. The van der Waals surface area contributed by atoms with Gasteiger partial charge in [0.15, 0.2) is 0 Å². The summed E-state index contributed by atoms with van der Waals surface area (Å²) in [5.41, 5.74) is 7.72. The van der Waals surface area contributed by atoms with Crippen molar-refractivity contribution in [2.45, 2.75) is 71.6 Å². The van der Waals surface area contributed by atoms with Crippen molar-refractivity contribution in [3.63, 3.8) is 0 Å². The van der Waals surface area contributed by atoms with Gasteiger partial charge in [-0.1, -0.05) is 64.1 Å². The van der Waals surface area contributed by atoms with Crippen molar-refractivity contribution < 1.29 is 0 Å². The minimum Gasteiger partial charge on any atom is -0.252 e. The zero-order valence-corrected chi connectivity index (χ0v) is 21.4. The largest absolute Gasteiger partial charge is 0.252 e. The van der Waals surface area contributed by atoms with Crippen LogP contribution >= 0.6 is 0 Å². The van der Waals surface area contributed by atoms with Crippen molar-refractivity contribution in [2.75, 3.05) is 0 Å². The maximum Gasteiger partial charge on any atom is 0.0744 e. The first-order chi connectivity index (χ1) is 16.3. The van der Waals surface area contributed by atoms with E-state index in [-0.39, 0.29) is 5.41 Å². The molecule has 176 valence electrons. The van der Waals surface area contributed by atoms with Gasteiger partial charge in [-0.3, -0.25) is 4.98 Å². The lowest BCUT2D eigenvalue weighted by Gasteiger charge is -2.22. The Labute approximate surface area is 204 Å². The fourth-order valence-electron chi connectivity index (χ4n) is 4.33. The summed E-state index contributed by atoms with van der Waals surface area (Å²) in [4.78, 5) is 5.10. The molecule has 0 N–H and O–H groups in total. The summed E-state index contributed by atoms with van der Waals surface area (Å²) in [5, 5.41) is 4.98. The zero-order chi connectivity index (χ0) is 24.3. The molecule has 0 bridgehead atoms. The number of aromatic nitrogens is 3. The van der Waals surface area contributed by atoms with Gasteiger partial charge in [0.1, 0.15) is 0 Å². The Morgan fingerprint density at radius 3 is 2.12 bits per heavy atom. The highest BCUT2D eigenvalue weighted by molar-refractivity contribution is 5.61. The van der Waals surface area contributed by atoms with Crippen LogP contribution < -0.4 is 0 Å². The lowest BCUT2D eigenvalue weighted by molar-refractivity contribution is 0.586. The molecule has 0 aliphatic heterocycles. The van der Waals surface area contributed by atoms with Gasteiger partial charge in [0.25, 0.3) is 0 Å². The summed E-state index contributed by atoms with van der Waals surface area (Å²) in [5.74, 6) is 1.08. The Hall–Kier alpha value is -3.20. The number of rotatable bonds is 8. The minimum absolute atomic E-state index is 0.316. The number of hydrogen-bond acceptors (Lipinski definition) is 2. The molecule has 2 atom stereocenters. The zero-order valence-electron chi connectivity index (χ0n) is 21.4. The van der Waals surface area contributed by atoms with E-state index in [9.17, 15) is 0 Å². The van der Waals surface area contributed by atoms with Crippen molar-refractivity contribution >= 4 is 0 Å². The number of pyridine rings is 1. The molecule has 2 aromatic heterocycles. The van der Waals surface area contributed by atoms with Gasteiger partial charge in [0.2, 0.25) is 0 Å². The van der Waals surface area contributed by atoms with Crippen molar-refractivity contribution in [2.24, 2.45) is 0 Å². The molecule has 3 heteroatoms. The number of hydrogen-bond donors (Lipinski definition) is 0. The molecule has 0 saturated carbocycles. The van der Waals surface area contributed by atoms with Gasteiger partial charge in [-0.25, -0.2) is 4.68 Å². The predicted molar refractivity (Wildman–Crippen MR) is 143 cm³/mol. The first-order valence-corrected chi connectivity index (χ1v) is 12.6. The van der Waals surface area contributed by atoms with E-state index in [0.717, 1.165) is 35.6 Å². The average Bonchev–Trinajstić information content (AvgIpc) is 3.39. The van der Waals surface area contributed by atoms with Crippen molar-refractivity contribution in [3.8, 4) is 16.9 Å². The molecule has 4 rings (SSSR count). The van der Waals surface area contributed by atoms with Gasteiger partial charge < -0.3 is 0 Å².